The van der Waals surface area contributed by atoms with Crippen LogP contribution in [0.5, 0.6) is 0 Å². The van der Waals surface area contributed by atoms with Gasteiger partial charge in [-0.2, -0.15) is 0 Å². The number of rotatable bonds is 2. The minimum absolute atomic E-state index is 0.0633. The molecule has 0 N–H and O–H groups in total. The fourth-order valence-electron chi connectivity index (χ4n) is 1.50. The third kappa shape index (κ3) is 2.79. The van der Waals surface area contributed by atoms with E-state index in [1.165, 1.54) is 12.1 Å². The highest BCUT2D eigenvalue weighted by Crippen LogP contribution is 2.26. The van der Waals surface area contributed by atoms with E-state index in [0.29, 0.717) is 22.2 Å². The minimum Gasteiger partial charge on any atom is -0.233 e. The maximum Gasteiger partial charge on any atom is 0.141 e. The molecular formula is C13H11Cl2FN2. The molecule has 1 aromatic heterocycles. The largest absolute Gasteiger partial charge is 0.233 e. The van der Waals surface area contributed by atoms with Crippen molar-refractivity contribution in [3.8, 4) is 11.3 Å². The minimum atomic E-state index is -0.454. The van der Waals surface area contributed by atoms with Crippen molar-refractivity contribution in [3.63, 3.8) is 0 Å². The fourth-order valence-corrected chi connectivity index (χ4v) is 1.87. The molecule has 18 heavy (non-hydrogen) atoms. The SMILES string of the molecule is CC(C)c1nc(Cl)cc(-c2ccc(F)c(Cl)c2)n1. The van der Waals surface area contributed by atoms with Crippen molar-refractivity contribution < 1.29 is 4.39 Å². The van der Waals surface area contributed by atoms with Gasteiger partial charge in [-0.15, -0.1) is 0 Å². The molecule has 2 aromatic rings. The van der Waals surface area contributed by atoms with Gasteiger partial charge in [-0.05, 0) is 18.2 Å². The second kappa shape index (κ2) is 5.21. The van der Waals surface area contributed by atoms with Crippen molar-refractivity contribution in [1.82, 2.24) is 9.97 Å². The van der Waals surface area contributed by atoms with Crippen molar-refractivity contribution in [2.24, 2.45) is 0 Å². The van der Waals surface area contributed by atoms with Crippen LogP contribution in [-0.2, 0) is 0 Å². The number of halogens is 3. The Morgan fingerprint density at radius 3 is 2.44 bits per heavy atom. The van der Waals surface area contributed by atoms with Crippen LogP contribution in [0, 0.1) is 5.82 Å². The fraction of sp³-hybridized carbons (Fsp3) is 0.231. The molecular weight excluding hydrogens is 274 g/mol. The molecule has 0 aliphatic rings. The molecule has 0 spiro atoms. The number of aromatic nitrogens is 2. The van der Waals surface area contributed by atoms with Gasteiger partial charge in [-0.1, -0.05) is 37.0 Å². The summed E-state index contributed by atoms with van der Waals surface area (Å²) in [6.45, 7) is 3.96. The molecule has 0 amide bonds. The monoisotopic (exact) mass is 284 g/mol. The average Bonchev–Trinajstić information content (AvgIpc) is 2.31. The predicted molar refractivity (Wildman–Crippen MR) is 71.5 cm³/mol. The average molecular weight is 285 g/mol. The molecule has 0 radical (unpaired) electrons. The summed E-state index contributed by atoms with van der Waals surface area (Å²) >= 11 is 11.7. The second-order valence-corrected chi connectivity index (χ2v) is 5.01. The van der Waals surface area contributed by atoms with E-state index < -0.39 is 5.82 Å². The van der Waals surface area contributed by atoms with E-state index in [4.69, 9.17) is 23.2 Å². The Morgan fingerprint density at radius 1 is 1.11 bits per heavy atom. The topological polar surface area (TPSA) is 25.8 Å². The van der Waals surface area contributed by atoms with E-state index in [1.807, 2.05) is 13.8 Å². The molecule has 1 heterocycles. The van der Waals surface area contributed by atoms with Gasteiger partial charge in [0.2, 0.25) is 0 Å². The maximum absolute atomic E-state index is 13.1. The zero-order valence-electron chi connectivity index (χ0n) is 9.92. The lowest BCUT2D eigenvalue weighted by Crippen LogP contribution is -1.99. The molecule has 2 rings (SSSR count). The lowest BCUT2D eigenvalue weighted by atomic mass is 10.1. The zero-order chi connectivity index (χ0) is 13.3. The molecule has 0 aliphatic carbocycles. The Morgan fingerprint density at radius 2 is 1.83 bits per heavy atom. The van der Waals surface area contributed by atoms with E-state index in [1.54, 1.807) is 12.1 Å². The molecule has 2 nitrogen and oxygen atoms in total. The second-order valence-electron chi connectivity index (χ2n) is 4.22. The van der Waals surface area contributed by atoms with Crippen LogP contribution < -0.4 is 0 Å². The van der Waals surface area contributed by atoms with Gasteiger partial charge < -0.3 is 0 Å². The van der Waals surface area contributed by atoms with Crippen LogP contribution in [0.1, 0.15) is 25.6 Å². The molecule has 5 heteroatoms. The quantitative estimate of drug-likeness (QED) is 0.746. The van der Waals surface area contributed by atoms with Crippen LogP contribution in [0.15, 0.2) is 24.3 Å². The Kier molecular flexibility index (Phi) is 3.83. The first-order valence-electron chi connectivity index (χ1n) is 5.47. The summed E-state index contributed by atoms with van der Waals surface area (Å²) in [5, 5.41) is 0.428. The van der Waals surface area contributed by atoms with E-state index in [0.717, 1.165) is 0 Å². The molecule has 0 unspecified atom stereocenters. The normalized spacial score (nSPS) is 11.0. The smallest absolute Gasteiger partial charge is 0.141 e. The van der Waals surface area contributed by atoms with Crippen molar-refractivity contribution in [3.05, 3.63) is 46.1 Å². The Labute approximate surface area is 115 Å². The van der Waals surface area contributed by atoms with Crippen molar-refractivity contribution >= 4 is 23.2 Å². The number of hydrogen-bond acceptors (Lipinski definition) is 2. The summed E-state index contributed by atoms with van der Waals surface area (Å²) in [6.07, 6.45) is 0. The predicted octanol–water partition coefficient (Wildman–Crippen LogP) is 4.71. The standard InChI is InChI=1S/C13H11Cl2FN2/c1-7(2)13-17-11(6-12(15)18-13)8-3-4-10(16)9(14)5-8/h3-7H,1-2H3. The third-order valence-corrected chi connectivity index (χ3v) is 2.93. The number of benzene rings is 1. The van der Waals surface area contributed by atoms with Crippen LogP contribution in [0.3, 0.4) is 0 Å². The number of nitrogens with zero attached hydrogens (tertiary/aromatic N) is 2. The van der Waals surface area contributed by atoms with E-state index in [9.17, 15) is 4.39 Å². The molecule has 0 fully saturated rings. The summed E-state index contributed by atoms with van der Waals surface area (Å²) < 4.78 is 13.1. The molecule has 1 aromatic carbocycles. The number of hydrogen-bond donors (Lipinski definition) is 0. The molecule has 0 saturated heterocycles. The van der Waals surface area contributed by atoms with Gasteiger partial charge in [0.15, 0.2) is 0 Å². The van der Waals surface area contributed by atoms with Crippen LogP contribution >= 0.6 is 23.2 Å². The zero-order valence-corrected chi connectivity index (χ0v) is 11.4. The lowest BCUT2D eigenvalue weighted by Gasteiger charge is -2.08. The molecule has 0 atom stereocenters. The van der Waals surface area contributed by atoms with Crippen molar-refractivity contribution in [1.29, 1.82) is 0 Å². The molecule has 0 bridgehead atoms. The van der Waals surface area contributed by atoms with E-state index in [-0.39, 0.29) is 10.9 Å². The highest BCUT2D eigenvalue weighted by atomic mass is 35.5. The van der Waals surface area contributed by atoms with Crippen LogP contribution in [0.2, 0.25) is 10.2 Å². The summed E-state index contributed by atoms with van der Waals surface area (Å²) in [5.41, 5.74) is 1.35. The highest BCUT2D eigenvalue weighted by molar-refractivity contribution is 6.31. The van der Waals surface area contributed by atoms with Gasteiger partial charge in [0.05, 0.1) is 10.7 Å². The molecule has 94 valence electrons. The first kappa shape index (κ1) is 13.2. The Hall–Kier alpha value is -1.19. The highest BCUT2D eigenvalue weighted by Gasteiger charge is 2.10. The van der Waals surface area contributed by atoms with E-state index in [2.05, 4.69) is 9.97 Å². The Balaban J connectivity index is 2.53. The molecule has 0 saturated carbocycles. The van der Waals surface area contributed by atoms with Crippen LogP contribution in [-0.4, -0.2) is 9.97 Å². The summed E-state index contributed by atoms with van der Waals surface area (Å²) in [4.78, 5) is 8.54. The Bertz CT molecular complexity index is 585. The van der Waals surface area contributed by atoms with Gasteiger partial charge in [-0.3, -0.25) is 0 Å². The van der Waals surface area contributed by atoms with E-state index >= 15 is 0 Å². The van der Waals surface area contributed by atoms with Crippen molar-refractivity contribution in [2.45, 2.75) is 19.8 Å². The summed E-state index contributed by atoms with van der Waals surface area (Å²) in [7, 11) is 0. The van der Waals surface area contributed by atoms with Gasteiger partial charge in [0.25, 0.3) is 0 Å². The first-order chi connectivity index (χ1) is 8.47. The third-order valence-electron chi connectivity index (χ3n) is 2.44. The maximum atomic E-state index is 13.1. The van der Waals surface area contributed by atoms with Crippen molar-refractivity contribution in [2.75, 3.05) is 0 Å². The lowest BCUT2D eigenvalue weighted by molar-refractivity contribution is 0.628. The van der Waals surface area contributed by atoms with Crippen LogP contribution in [0.4, 0.5) is 4.39 Å². The van der Waals surface area contributed by atoms with Gasteiger partial charge in [0, 0.05) is 17.5 Å². The first-order valence-corrected chi connectivity index (χ1v) is 6.23. The summed E-state index contributed by atoms with van der Waals surface area (Å²) in [6, 6.07) is 6.09. The van der Waals surface area contributed by atoms with Gasteiger partial charge in [-0.25, -0.2) is 14.4 Å². The summed E-state index contributed by atoms with van der Waals surface area (Å²) in [5.74, 6) is 0.362. The van der Waals surface area contributed by atoms with Crippen LogP contribution in [0.25, 0.3) is 11.3 Å². The van der Waals surface area contributed by atoms with Gasteiger partial charge in [0.1, 0.15) is 16.8 Å². The molecule has 0 aliphatic heterocycles. The van der Waals surface area contributed by atoms with Gasteiger partial charge >= 0.3 is 0 Å².